The topological polar surface area (TPSA) is 64.6 Å². The largest absolute Gasteiger partial charge is 0.496 e. The van der Waals surface area contributed by atoms with E-state index in [0.29, 0.717) is 24.3 Å². The maximum Gasteiger partial charge on any atom is 0.310 e. The molecule has 120 valence electrons. The van der Waals surface area contributed by atoms with E-state index in [2.05, 4.69) is 5.32 Å². The van der Waals surface area contributed by atoms with Crippen LogP contribution in [0.5, 0.6) is 11.5 Å². The Kier molecular flexibility index (Phi) is 5.74. The Morgan fingerprint density at radius 2 is 1.74 bits per heavy atom. The number of carbonyl (C=O) groups excluding carboxylic acids is 2. The van der Waals surface area contributed by atoms with Crippen LogP contribution in [0, 0.1) is 0 Å². The first-order valence-electron chi connectivity index (χ1n) is 7.35. The van der Waals surface area contributed by atoms with Crippen molar-refractivity contribution in [2.45, 2.75) is 19.9 Å². The lowest BCUT2D eigenvalue weighted by atomic mass is 10.1. The maximum absolute atomic E-state index is 12.1. The number of hydrogen-bond donors (Lipinski definition) is 1. The molecule has 1 amide bonds. The van der Waals surface area contributed by atoms with Gasteiger partial charge in [0, 0.05) is 24.1 Å². The molecule has 5 nitrogen and oxygen atoms in total. The van der Waals surface area contributed by atoms with Crippen molar-refractivity contribution in [2.24, 2.45) is 0 Å². The van der Waals surface area contributed by atoms with Gasteiger partial charge in [0.15, 0.2) is 0 Å². The summed E-state index contributed by atoms with van der Waals surface area (Å²) < 4.78 is 10.3. The highest BCUT2D eigenvalue weighted by molar-refractivity contribution is 5.94. The van der Waals surface area contributed by atoms with Gasteiger partial charge in [-0.05, 0) is 30.3 Å². The molecule has 0 heterocycles. The number of benzene rings is 2. The van der Waals surface area contributed by atoms with E-state index < -0.39 is 0 Å². The predicted octanol–water partition coefficient (Wildman–Crippen LogP) is 2.94. The van der Waals surface area contributed by atoms with Crippen LogP contribution in [-0.4, -0.2) is 19.0 Å². The summed E-state index contributed by atoms with van der Waals surface area (Å²) in [6.07, 6.45) is 0.307. The first-order chi connectivity index (χ1) is 11.1. The van der Waals surface area contributed by atoms with Crippen LogP contribution in [0.3, 0.4) is 0 Å². The van der Waals surface area contributed by atoms with Crippen molar-refractivity contribution in [2.75, 3.05) is 7.11 Å². The molecule has 0 saturated carbocycles. The molecule has 0 bridgehead atoms. The summed E-state index contributed by atoms with van der Waals surface area (Å²) in [7, 11) is 1.59. The van der Waals surface area contributed by atoms with Gasteiger partial charge >= 0.3 is 5.97 Å². The SMILES string of the molecule is CCC(=O)Oc1ccc(C(=O)NCc2ccccc2OC)cc1. The maximum atomic E-state index is 12.1. The Morgan fingerprint density at radius 3 is 2.39 bits per heavy atom. The molecular formula is C18H19NO4. The molecule has 0 unspecified atom stereocenters. The lowest BCUT2D eigenvalue weighted by Gasteiger charge is -2.10. The lowest BCUT2D eigenvalue weighted by Crippen LogP contribution is -2.23. The lowest BCUT2D eigenvalue weighted by molar-refractivity contribution is -0.134. The first-order valence-corrected chi connectivity index (χ1v) is 7.35. The van der Waals surface area contributed by atoms with Gasteiger partial charge in [0.1, 0.15) is 11.5 Å². The average molecular weight is 313 g/mol. The van der Waals surface area contributed by atoms with Gasteiger partial charge in [0.2, 0.25) is 0 Å². The number of methoxy groups -OCH3 is 1. The van der Waals surface area contributed by atoms with E-state index in [-0.39, 0.29) is 11.9 Å². The normalized spacial score (nSPS) is 10.0. The molecule has 5 heteroatoms. The van der Waals surface area contributed by atoms with Gasteiger partial charge in [0.25, 0.3) is 5.91 Å². The number of esters is 1. The van der Waals surface area contributed by atoms with Crippen molar-refractivity contribution in [3.63, 3.8) is 0 Å². The third-order valence-electron chi connectivity index (χ3n) is 3.27. The number of ether oxygens (including phenoxy) is 2. The second kappa shape index (κ2) is 7.98. The summed E-state index contributed by atoms with van der Waals surface area (Å²) >= 11 is 0. The highest BCUT2D eigenvalue weighted by Crippen LogP contribution is 2.17. The van der Waals surface area contributed by atoms with Gasteiger partial charge in [-0.3, -0.25) is 9.59 Å². The summed E-state index contributed by atoms with van der Waals surface area (Å²) in [5, 5.41) is 2.83. The van der Waals surface area contributed by atoms with E-state index >= 15 is 0 Å². The Balaban J connectivity index is 1.97. The van der Waals surface area contributed by atoms with Crippen LogP contribution >= 0.6 is 0 Å². The van der Waals surface area contributed by atoms with E-state index in [1.165, 1.54) is 0 Å². The molecule has 1 N–H and O–H groups in total. The molecule has 0 aliphatic heterocycles. The summed E-state index contributed by atoms with van der Waals surface area (Å²) in [6.45, 7) is 2.09. The molecule has 0 atom stereocenters. The molecule has 23 heavy (non-hydrogen) atoms. The number of para-hydroxylation sites is 1. The van der Waals surface area contributed by atoms with Gasteiger partial charge in [-0.1, -0.05) is 25.1 Å². The van der Waals surface area contributed by atoms with Crippen LogP contribution < -0.4 is 14.8 Å². The minimum Gasteiger partial charge on any atom is -0.496 e. The third-order valence-corrected chi connectivity index (χ3v) is 3.27. The molecule has 2 aromatic carbocycles. The van der Waals surface area contributed by atoms with Crippen LogP contribution in [0.4, 0.5) is 0 Å². The van der Waals surface area contributed by atoms with Gasteiger partial charge < -0.3 is 14.8 Å². The monoisotopic (exact) mass is 313 g/mol. The van der Waals surface area contributed by atoms with E-state index in [1.54, 1.807) is 38.3 Å². The van der Waals surface area contributed by atoms with Crippen molar-refractivity contribution < 1.29 is 19.1 Å². The zero-order valence-electron chi connectivity index (χ0n) is 13.2. The van der Waals surface area contributed by atoms with Crippen molar-refractivity contribution in [1.29, 1.82) is 0 Å². The predicted molar refractivity (Wildman–Crippen MR) is 86.5 cm³/mol. The van der Waals surface area contributed by atoms with Crippen LogP contribution in [0.15, 0.2) is 48.5 Å². The van der Waals surface area contributed by atoms with E-state index in [0.717, 1.165) is 11.3 Å². The Labute approximate surface area is 135 Å². The molecule has 0 aromatic heterocycles. The Bertz CT molecular complexity index is 680. The molecular weight excluding hydrogens is 294 g/mol. The van der Waals surface area contributed by atoms with Gasteiger partial charge in [-0.15, -0.1) is 0 Å². The molecule has 2 aromatic rings. The Hall–Kier alpha value is -2.82. The molecule has 0 radical (unpaired) electrons. The zero-order chi connectivity index (χ0) is 16.7. The van der Waals surface area contributed by atoms with Gasteiger partial charge in [-0.2, -0.15) is 0 Å². The number of rotatable bonds is 6. The summed E-state index contributed by atoms with van der Waals surface area (Å²) in [6, 6.07) is 14.0. The number of hydrogen-bond acceptors (Lipinski definition) is 4. The number of carbonyl (C=O) groups is 2. The van der Waals surface area contributed by atoms with Gasteiger partial charge in [0.05, 0.1) is 7.11 Å². The highest BCUT2D eigenvalue weighted by atomic mass is 16.5. The van der Waals surface area contributed by atoms with Crippen LogP contribution in [0.25, 0.3) is 0 Å². The van der Waals surface area contributed by atoms with Crippen molar-refractivity contribution in [3.05, 3.63) is 59.7 Å². The number of amides is 1. The molecule has 0 aliphatic rings. The van der Waals surface area contributed by atoms with Crippen LogP contribution in [0.1, 0.15) is 29.3 Å². The standard InChI is InChI=1S/C18H19NO4/c1-3-17(20)23-15-10-8-13(9-11-15)18(21)19-12-14-6-4-5-7-16(14)22-2/h4-11H,3,12H2,1-2H3,(H,19,21). The van der Waals surface area contributed by atoms with Gasteiger partial charge in [-0.25, -0.2) is 0 Å². The third kappa shape index (κ3) is 4.57. The van der Waals surface area contributed by atoms with Crippen molar-refractivity contribution in [3.8, 4) is 11.5 Å². The first kappa shape index (κ1) is 16.5. The second-order valence-corrected chi connectivity index (χ2v) is 4.85. The zero-order valence-corrected chi connectivity index (χ0v) is 13.2. The Morgan fingerprint density at radius 1 is 1.04 bits per heavy atom. The quantitative estimate of drug-likeness (QED) is 0.658. The van der Waals surface area contributed by atoms with Crippen LogP contribution in [0.2, 0.25) is 0 Å². The van der Waals surface area contributed by atoms with Crippen LogP contribution in [-0.2, 0) is 11.3 Å². The molecule has 2 rings (SSSR count). The fourth-order valence-corrected chi connectivity index (χ4v) is 2.00. The minimum absolute atomic E-state index is 0.204. The van der Waals surface area contributed by atoms with Crippen molar-refractivity contribution in [1.82, 2.24) is 5.32 Å². The smallest absolute Gasteiger partial charge is 0.310 e. The molecule has 0 saturated heterocycles. The molecule has 0 spiro atoms. The van der Waals surface area contributed by atoms with E-state index in [9.17, 15) is 9.59 Å². The van der Waals surface area contributed by atoms with E-state index in [1.807, 2.05) is 24.3 Å². The minimum atomic E-state index is -0.307. The fourth-order valence-electron chi connectivity index (χ4n) is 2.00. The summed E-state index contributed by atoms with van der Waals surface area (Å²) in [4.78, 5) is 23.4. The molecule has 0 fully saturated rings. The summed E-state index contributed by atoms with van der Waals surface area (Å²) in [5.41, 5.74) is 1.40. The summed E-state index contributed by atoms with van der Waals surface area (Å²) in [5.74, 6) is 0.649. The van der Waals surface area contributed by atoms with Crippen molar-refractivity contribution >= 4 is 11.9 Å². The number of nitrogens with one attached hydrogen (secondary N) is 1. The highest BCUT2D eigenvalue weighted by Gasteiger charge is 2.08. The molecule has 0 aliphatic carbocycles. The second-order valence-electron chi connectivity index (χ2n) is 4.85. The van der Waals surface area contributed by atoms with E-state index in [4.69, 9.17) is 9.47 Å². The fraction of sp³-hybridized carbons (Fsp3) is 0.222. The average Bonchev–Trinajstić information content (AvgIpc) is 2.60.